The van der Waals surface area contributed by atoms with Crippen LogP contribution in [0.25, 0.3) is 0 Å². The highest BCUT2D eigenvalue weighted by Crippen LogP contribution is 2.23. The minimum atomic E-state index is -3.01. The van der Waals surface area contributed by atoms with Crippen LogP contribution >= 0.6 is 55.4 Å². The van der Waals surface area contributed by atoms with Crippen molar-refractivity contribution in [1.29, 1.82) is 0 Å². The molecule has 0 aromatic carbocycles. The van der Waals surface area contributed by atoms with E-state index in [1.165, 1.54) is 0 Å². The third kappa shape index (κ3) is 7.84. The second-order valence-electron chi connectivity index (χ2n) is 0.824. The minimum absolute atomic E-state index is 2.19. The van der Waals surface area contributed by atoms with Crippen LogP contribution < -0.4 is 0 Å². The molecular weight excluding hydrogens is 249 g/mol. The van der Waals surface area contributed by atoms with Gasteiger partial charge in [-0.05, 0) is 0 Å². The van der Waals surface area contributed by atoms with Crippen molar-refractivity contribution in [3.8, 4) is 0 Å². The Morgan fingerprint density at radius 1 is 1.12 bits per heavy atom. The molecule has 0 saturated carbocycles. The van der Waals surface area contributed by atoms with Gasteiger partial charge in [0.1, 0.15) is 0 Å². The molecule has 0 aliphatic rings. The van der Waals surface area contributed by atoms with Crippen LogP contribution in [0.2, 0.25) is 0 Å². The van der Waals surface area contributed by atoms with E-state index in [0.29, 0.717) is 0 Å². The number of hydrogen-bond acceptors (Lipinski definition) is 1. The molecule has 0 rings (SSSR count). The van der Waals surface area contributed by atoms with Crippen LogP contribution in [-0.4, -0.2) is 13.9 Å². The highest BCUT2D eigenvalue weighted by Gasteiger charge is 2.30. The van der Waals surface area contributed by atoms with Gasteiger partial charge >= 0.3 is 13.9 Å². The molecule has 0 aromatic rings. The minimum Gasteiger partial charge on any atom is -0.401 e. The van der Waals surface area contributed by atoms with Crippen molar-refractivity contribution >= 4 is 69.3 Å². The van der Waals surface area contributed by atoms with Gasteiger partial charge in [0.2, 0.25) is 0 Å². The quantitative estimate of drug-likeness (QED) is 0.540. The average molecular weight is 250 g/mol. The number of rotatable bonds is 2. The van der Waals surface area contributed by atoms with E-state index in [2.05, 4.69) is 4.12 Å². The lowest BCUT2D eigenvalue weighted by Crippen LogP contribution is -2.21. The zero-order valence-corrected chi connectivity index (χ0v) is 9.31. The molecule has 50 valence electrons. The summed E-state index contributed by atoms with van der Waals surface area (Å²) in [6, 6.07) is 0. The molecule has 0 heterocycles. The zero-order valence-electron chi connectivity index (χ0n) is 3.38. The summed E-state index contributed by atoms with van der Waals surface area (Å²) in [5.41, 5.74) is 0. The van der Waals surface area contributed by atoms with Gasteiger partial charge in [0.25, 0.3) is 0 Å². The molecule has 0 aliphatic heterocycles. The van der Waals surface area contributed by atoms with Gasteiger partial charge in [-0.25, -0.2) is 0 Å². The van der Waals surface area contributed by atoms with Gasteiger partial charge in [-0.1, -0.05) is 33.2 Å². The Morgan fingerprint density at radius 3 is 1.50 bits per heavy atom. The molecule has 0 fully saturated rings. The van der Waals surface area contributed by atoms with E-state index >= 15 is 0 Å². The monoisotopic (exact) mass is 248 g/mol. The summed E-state index contributed by atoms with van der Waals surface area (Å²) >= 11 is 26.2. The molecule has 0 aliphatic carbocycles. The molecular formula is HCl5OSi2. The van der Waals surface area contributed by atoms with Crippen LogP contribution in [0, 0.1) is 0 Å². The van der Waals surface area contributed by atoms with Gasteiger partial charge in [0.15, 0.2) is 0 Å². The largest absolute Gasteiger partial charge is 0.485 e. The molecule has 0 N–H and O–H groups in total. The van der Waals surface area contributed by atoms with E-state index in [-0.39, 0.29) is 0 Å². The summed E-state index contributed by atoms with van der Waals surface area (Å²) in [6.45, 7) is 0. The maximum Gasteiger partial charge on any atom is 0.485 e. The fraction of sp³-hybridized carbons (Fsp3) is 0. The molecule has 0 aromatic heterocycles. The Balaban J connectivity index is 3.39. The third-order valence-corrected chi connectivity index (χ3v) is 6.01. The third-order valence-electron chi connectivity index (χ3n) is 0.223. The van der Waals surface area contributed by atoms with Crippen LogP contribution in [-0.2, 0) is 4.12 Å². The highest BCUT2D eigenvalue weighted by molar-refractivity contribution is 7.63. The second-order valence-corrected chi connectivity index (χ2v) is 12.8. The molecule has 0 unspecified atom stereocenters. The first-order valence-electron chi connectivity index (χ1n) is 1.44. The first-order valence-corrected chi connectivity index (χ1v) is 10.3. The van der Waals surface area contributed by atoms with Crippen molar-refractivity contribution in [2.75, 3.05) is 0 Å². The fourth-order valence-corrected chi connectivity index (χ4v) is 8.18. The van der Waals surface area contributed by atoms with Crippen molar-refractivity contribution < 1.29 is 4.12 Å². The Hall–Kier alpha value is 1.84. The maximum absolute atomic E-state index is 5.24. The molecule has 0 spiro atoms. The molecule has 8 heavy (non-hydrogen) atoms. The zero-order chi connectivity index (χ0) is 6.78. The molecule has 0 atom stereocenters. The normalized spacial score (nSPS) is 12.8. The van der Waals surface area contributed by atoms with Gasteiger partial charge in [0, 0.05) is 0 Å². The lowest BCUT2D eigenvalue weighted by molar-refractivity contribution is 0.652. The Kier molecular flexibility index (Phi) is 4.77. The second kappa shape index (κ2) is 3.88. The van der Waals surface area contributed by atoms with E-state index in [1.807, 2.05) is 0 Å². The van der Waals surface area contributed by atoms with Crippen LogP contribution in [0.1, 0.15) is 0 Å². The summed E-state index contributed by atoms with van der Waals surface area (Å²) in [5.74, 6) is 0. The Morgan fingerprint density at radius 2 is 1.50 bits per heavy atom. The molecule has 0 amide bonds. The molecule has 0 bridgehead atoms. The summed E-state index contributed by atoms with van der Waals surface area (Å²) in [7, 11) is -2.19. The van der Waals surface area contributed by atoms with Crippen molar-refractivity contribution in [2.45, 2.75) is 0 Å². The molecule has 1 nitrogen and oxygen atoms in total. The van der Waals surface area contributed by atoms with Crippen molar-refractivity contribution in [2.24, 2.45) is 0 Å². The van der Waals surface area contributed by atoms with Crippen molar-refractivity contribution in [1.82, 2.24) is 0 Å². The van der Waals surface area contributed by atoms with Crippen LogP contribution in [0.4, 0.5) is 0 Å². The molecule has 0 radical (unpaired) electrons. The van der Waals surface area contributed by atoms with Gasteiger partial charge in [-0.3, -0.25) is 0 Å². The Bertz CT molecular complexity index is 65.3. The standard InChI is InChI=1S/Cl5HOSi2/c1-7(2)6-8(3,4)5/h7H. The summed E-state index contributed by atoms with van der Waals surface area (Å²) in [4.78, 5) is 0. The Labute approximate surface area is 73.1 Å². The maximum atomic E-state index is 5.24. The predicted octanol–water partition coefficient (Wildman–Crippen LogP) is 2.35. The van der Waals surface area contributed by atoms with Crippen molar-refractivity contribution in [3.05, 3.63) is 0 Å². The van der Waals surface area contributed by atoms with E-state index < -0.39 is 13.9 Å². The van der Waals surface area contributed by atoms with Gasteiger partial charge in [0.05, 0.1) is 0 Å². The molecule has 0 saturated heterocycles. The van der Waals surface area contributed by atoms with Crippen LogP contribution in [0.15, 0.2) is 0 Å². The first-order chi connectivity index (χ1) is 3.42. The lowest BCUT2D eigenvalue weighted by Gasteiger charge is -2.07. The van der Waals surface area contributed by atoms with E-state index in [0.717, 1.165) is 0 Å². The fourth-order valence-electron chi connectivity index (χ4n) is 0.101. The SMILES string of the molecule is Cl[SiH](Cl)O[Si](Cl)(Cl)Cl. The summed E-state index contributed by atoms with van der Waals surface area (Å²) in [5, 5.41) is 0. The highest BCUT2D eigenvalue weighted by atomic mass is 35.8. The number of hydrogen-bond donors (Lipinski definition) is 0. The van der Waals surface area contributed by atoms with Gasteiger partial charge < -0.3 is 4.12 Å². The first kappa shape index (κ1) is 9.84. The van der Waals surface area contributed by atoms with Gasteiger partial charge in [-0.2, -0.15) is 0 Å². The van der Waals surface area contributed by atoms with Crippen LogP contribution in [0.3, 0.4) is 0 Å². The van der Waals surface area contributed by atoms with E-state index in [4.69, 9.17) is 55.4 Å². The number of halogens is 5. The van der Waals surface area contributed by atoms with E-state index in [1.54, 1.807) is 0 Å². The predicted molar refractivity (Wildman–Crippen MR) is 43.3 cm³/mol. The molecule has 8 heteroatoms. The van der Waals surface area contributed by atoms with Crippen LogP contribution in [0.5, 0.6) is 0 Å². The van der Waals surface area contributed by atoms with Gasteiger partial charge in [-0.15, -0.1) is 22.2 Å². The smallest absolute Gasteiger partial charge is 0.401 e. The topological polar surface area (TPSA) is 9.23 Å². The summed E-state index contributed by atoms with van der Waals surface area (Å²) < 4.78 is 4.54. The van der Waals surface area contributed by atoms with E-state index in [9.17, 15) is 0 Å². The average Bonchev–Trinajstić information content (AvgIpc) is 1.21. The summed E-state index contributed by atoms with van der Waals surface area (Å²) in [6.07, 6.45) is -3.01. The van der Waals surface area contributed by atoms with Crippen molar-refractivity contribution in [3.63, 3.8) is 0 Å². The lowest BCUT2D eigenvalue weighted by atomic mass is 15.8.